The Morgan fingerprint density at radius 2 is 1.71 bits per heavy atom. The fraction of sp³-hybridized carbons (Fsp3) is 0.154. The lowest BCUT2D eigenvalue weighted by Crippen LogP contribution is -1.86. The molecule has 0 aliphatic carbocycles. The van der Waals surface area contributed by atoms with Gasteiger partial charge in [0, 0.05) is 12.3 Å². The number of hydrogen-bond acceptors (Lipinski definition) is 3. The van der Waals surface area contributed by atoms with E-state index >= 15 is 0 Å². The quantitative estimate of drug-likeness (QED) is 0.867. The van der Waals surface area contributed by atoms with Crippen molar-refractivity contribution in [3.8, 4) is 17.4 Å². The van der Waals surface area contributed by atoms with Gasteiger partial charge in [-0.05, 0) is 30.3 Å². The summed E-state index contributed by atoms with van der Waals surface area (Å²) in [6.07, 6.45) is 1.51. The van der Waals surface area contributed by atoms with Gasteiger partial charge in [0.25, 0.3) is 0 Å². The highest BCUT2D eigenvalue weighted by Gasteiger charge is 1.98. The zero-order valence-electron chi connectivity index (χ0n) is 9.72. The van der Waals surface area contributed by atoms with Crippen molar-refractivity contribution in [1.82, 2.24) is 4.98 Å². The summed E-state index contributed by atoms with van der Waals surface area (Å²) >= 11 is 5.68. The number of phenolic OH excluding ortho intramolecular Hbond substituents is 1. The first-order valence-electron chi connectivity index (χ1n) is 5.32. The second-order valence-corrected chi connectivity index (χ2v) is 3.35. The number of aromatic nitrogens is 1. The summed E-state index contributed by atoms with van der Waals surface area (Å²) in [6, 6.07) is 9.78. The number of pyridine rings is 1. The average Bonchev–Trinajstić information content (AvgIpc) is 2.37. The van der Waals surface area contributed by atoms with Crippen LogP contribution in [0.15, 0.2) is 42.6 Å². The van der Waals surface area contributed by atoms with Crippen LogP contribution in [0.2, 0.25) is 5.02 Å². The molecule has 1 heterocycles. The van der Waals surface area contributed by atoms with Gasteiger partial charge in [-0.15, -0.1) is 0 Å². The van der Waals surface area contributed by atoms with Crippen LogP contribution in [0.5, 0.6) is 17.4 Å². The third-order valence-corrected chi connectivity index (χ3v) is 1.98. The van der Waals surface area contributed by atoms with Crippen LogP contribution in [0.4, 0.5) is 0 Å². The van der Waals surface area contributed by atoms with Gasteiger partial charge in [-0.2, -0.15) is 0 Å². The van der Waals surface area contributed by atoms with Crippen molar-refractivity contribution in [1.29, 1.82) is 0 Å². The molecule has 2 rings (SSSR count). The van der Waals surface area contributed by atoms with E-state index in [1.54, 1.807) is 36.4 Å². The minimum Gasteiger partial charge on any atom is -0.508 e. The van der Waals surface area contributed by atoms with Crippen LogP contribution in [0.25, 0.3) is 0 Å². The van der Waals surface area contributed by atoms with E-state index in [9.17, 15) is 0 Å². The maximum absolute atomic E-state index is 9.07. The van der Waals surface area contributed by atoms with Gasteiger partial charge < -0.3 is 9.84 Å². The molecule has 0 unspecified atom stereocenters. The van der Waals surface area contributed by atoms with E-state index in [0.717, 1.165) is 0 Å². The monoisotopic (exact) mass is 251 g/mol. The summed E-state index contributed by atoms with van der Waals surface area (Å²) in [4.78, 5) is 3.98. The molecule has 1 aromatic heterocycles. The molecule has 2 aromatic rings. The zero-order chi connectivity index (χ0) is 12.7. The highest BCUT2D eigenvalue weighted by molar-refractivity contribution is 6.30. The van der Waals surface area contributed by atoms with Crippen molar-refractivity contribution < 1.29 is 9.84 Å². The molecular formula is C13H14ClNO2. The van der Waals surface area contributed by atoms with Gasteiger partial charge in [0.05, 0.1) is 5.02 Å². The summed E-state index contributed by atoms with van der Waals surface area (Å²) in [7, 11) is 0. The zero-order valence-corrected chi connectivity index (χ0v) is 10.5. The molecule has 0 aliphatic heterocycles. The highest BCUT2D eigenvalue weighted by atomic mass is 35.5. The van der Waals surface area contributed by atoms with Crippen LogP contribution in [0, 0.1) is 0 Å². The Morgan fingerprint density at radius 3 is 2.24 bits per heavy atom. The molecule has 0 fully saturated rings. The van der Waals surface area contributed by atoms with E-state index in [-0.39, 0.29) is 5.75 Å². The number of benzene rings is 1. The fourth-order valence-electron chi connectivity index (χ4n) is 1.06. The van der Waals surface area contributed by atoms with Crippen molar-refractivity contribution in [3.05, 3.63) is 47.6 Å². The number of halogens is 1. The summed E-state index contributed by atoms with van der Waals surface area (Å²) in [5.74, 6) is 1.28. The molecule has 90 valence electrons. The van der Waals surface area contributed by atoms with Gasteiger partial charge >= 0.3 is 0 Å². The average molecular weight is 252 g/mol. The number of hydrogen-bond donors (Lipinski definition) is 1. The lowest BCUT2D eigenvalue weighted by atomic mass is 10.3. The highest BCUT2D eigenvalue weighted by Crippen LogP contribution is 2.22. The Hall–Kier alpha value is -1.74. The Morgan fingerprint density at radius 1 is 1.06 bits per heavy atom. The van der Waals surface area contributed by atoms with Gasteiger partial charge in [-0.1, -0.05) is 25.4 Å². The molecule has 0 radical (unpaired) electrons. The van der Waals surface area contributed by atoms with Gasteiger partial charge in [-0.25, -0.2) is 4.98 Å². The maximum atomic E-state index is 9.07. The predicted molar refractivity (Wildman–Crippen MR) is 68.8 cm³/mol. The molecule has 0 saturated carbocycles. The van der Waals surface area contributed by atoms with Crippen molar-refractivity contribution in [2.24, 2.45) is 0 Å². The molecule has 0 bridgehead atoms. The molecule has 0 amide bonds. The first-order valence-corrected chi connectivity index (χ1v) is 5.70. The number of phenols is 1. The van der Waals surface area contributed by atoms with Gasteiger partial charge in [0.2, 0.25) is 5.88 Å². The normalized spacial score (nSPS) is 9.12. The lowest BCUT2D eigenvalue weighted by molar-refractivity contribution is 0.454. The van der Waals surface area contributed by atoms with Crippen LogP contribution in [-0.4, -0.2) is 10.1 Å². The van der Waals surface area contributed by atoms with E-state index in [2.05, 4.69) is 4.98 Å². The van der Waals surface area contributed by atoms with Crippen molar-refractivity contribution in [2.45, 2.75) is 13.8 Å². The van der Waals surface area contributed by atoms with E-state index in [1.807, 2.05) is 13.8 Å². The number of aromatic hydroxyl groups is 1. The van der Waals surface area contributed by atoms with Crippen LogP contribution in [-0.2, 0) is 0 Å². The Labute approximate surface area is 106 Å². The van der Waals surface area contributed by atoms with Crippen LogP contribution >= 0.6 is 11.6 Å². The van der Waals surface area contributed by atoms with Crippen molar-refractivity contribution in [2.75, 3.05) is 0 Å². The SMILES string of the molecule is CC.Oc1ccc(Oc2ccc(Cl)cn2)cc1. The predicted octanol–water partition coefficient (Wildman–Crippen LogP) is 4.26. The molecule has 17 heavy (non-hydrogen) atoms. The van der Waals surface area contributed by atoms with E-state index < -0.39 is 0 Å². The summed E-state index contributed by atoms with van der Waals surface area (Å²) in [5, 5.41) is 9.63. The minimum atomic E-state index is 0.200. The second kappa shape index (κ2) is 6.76. The number of ether oxygens (including phenoxy) is 1. The number of nitrogens with zero attached hydrogens (tertiary/aromatic N) is 1. The van der Waals surface area contributed by atoms with E-state index in [1.165, 1.54) is 6.20 Å². The van der Waals surface area contributed by atoms with Crippen LogP contribution in [0.3, 0.4) is 0 Å². The Balaban J connectivity index is 0.000000686. The Kier molecular flexibility index (Phi) is 5.30. The van der Waals surface area contributed by atoms with Crippen LogP contribution < -0.4 is 4.74 Å². The van der Waals surface area contributed by atoms with Crippen molar-refractivity contribution in [3.63, 3.8) is 0 Å². The topological polar surface area (TPSA) is 42.4 Å². The molecular weight excluding hydrogens is 238 g/mol. The molecule has 0 spiro atoms. The molecule has 0 saturated heterocycles. The maximum Gasteiger partial charge on any atom is 0.219 e. The van der Waals surface area contributed by atoms with Crippen LogP contribution in [0.1, 0.15) is 13.8 Å². The summed E-state index contributed by atoms with van der Waals surface area (Å²) in [5.41, 5.74) is 0. The molecule has 1 N–H and O–H groups in total. The lowest BCUT2D eigenvalue weighted by Gasteiger charge is -2.03. The minimum absolute atomic E-state index is 0.200. The molecule has 0 atom stereocenters. The summed E-state index contributed by atoms with van der Waals surface area (Å²) < 4.78 is 5.41. The van der Waals surface area contributed by atoms with E-state index in [4.69, 9.17) is 21.4 Å². The molecule has 1 aromatic carbocycles. The fourth-order valence-corrected chi connectivity index (χ4v) is 1.17. The van der Waals surface area contributed by atoms with Gasteiger partial charge in [0.1, 0.15) is 11.5 Å². The van der Waals surface area contributed by atoms with Crippen molar-refractivity contribution >= 4 is 11.6 Å². The molecule has 4 heteroatoms. The second-order valence-electron chi connectivity index (χ2n) is 2.91. The largest absolute Gasteiger partial charge is 0.508 e. The molecule has 3 nitrogen and oxygen atoms in total. The third-order valence-electron chi connectivity index (χ3n) is 1.76. The standard InChI is InChI=1S/C11H8ClNO2.C2H6/c12-8-1-6-11(13-7-8)15-10-4-2-9(14)3-5-10;1-2/h1-7,14H;1-2H3. The number of rotatable bonds is 2. The van der Waals surface area contributed by atoms with E-state index in [0.29, 0.717) is 16.7 Å². The van der Waals surface area contributed by atoms with Gasteiger partial charge in [-0.3, -0.25) is 0 Å². The first kappa shape index (κ1) is 13.3. The third kappa shape index (κ3) is 4.33. The first-order chi connectivity index (χ1) is 8.24. The van der Waals surface area contributed by atoms with Gasteiger partial charge in [0.15, 0.2) is 0 Å². The smallest absolute Gasteiger partial charge is 0.219 e. The Bertz CT molecular complexity index is 396. The molecule has 0 aliphatic rings. The summed E-state index contributed by atoms with van der Waals surface area (Å²) in [6.45, 7) is 4.00.